The molecule has 0 aliphatic heterocycles. The van der Waals surface area contributed by atoms with Crippen LogP contribution in [-0.2, 0) is 14.9 Å². The van der Waals surface area contributed by atoms with E-state index in [9.17, 15) is 14.3 Å². The Morgan fingerprint density at radius 2 is 2.30 bits per heavy atom. The molecule has 0 bridgehead atoms. The van der Waals surface area contributed by atoms with Gasteiger partial charge in [0, 0.05) is 0 Å². The average Bonchev–Trinajstić information content (AvgIpc) is 2.43. The second-order valence-corrected chi connectivity index (χ2v) is 5.49. The number of benzene rings is 1. The molecule has 1 aromatic carbocycles. The first-order valence-corrected chi connectivity index (χ1v) is 7.21. The maximum Gasteiger partial charge on any atom is 0.319 e. The molecule has 0 amide bonds. The molecule has 0 heterocycles. The molecule has 0 saturated heterocycles. The van der Waals surface area contributed by atoms with E-state index in [4.69, 9.17) is 16.3 Å². The molecule has 3 nitrogen and oxygen atoms in total. The summed E-state index contributed by atoms with van der Waals surface area (Å²) < 4.78 is 18.8. The zero-order valence-corrected chi connectivity index (χ0v) is 12.1. The van der Waals surface area contributed by atoms with E-state index in [1.165, 1.54) is 12.1 Å². The van der Waals surface area contributed by atoms with Gasteiger partial charge in [0.2, 0.25) is 0 Å². The SMILES string of the molecule is CCOC(=O)C1(c2ccc(Cl)c(F)c2)CCCCC1O. The van der Waals surface area contributed by atoms with Crippen LogP contribution in [0.15, 0.2) is 18.2 Å². The lowest BCUT2D eigenvalue weighted by Crippen LogP contribution is -2.49. The van der Waals surface area contributed by atoms with Gasteiger partial charge in [0.05, 0.1) is 17.7 Å². The lowest BCUT2D eigenvalue weighted by molar-refractivity contribution is -0.157. The molecule has 1 aromatic rings. The third-order valence-corrected chi connectivity index (χ3v) is 4.25. The molecule has 110 valence electrons. The quantitative estimate of drug-likeness (QED) is 0.872. The number of esters is 1. The van der Waals surface area contributed by atoms with Gasteiger partial charge in [-0.3, -0.25) is 4.79 Å². The summed E-state index contributed by atoms with van der Waals surface area (Å²) in [6, 6.07) is 4.24. The first-order valence-electron chi connectivity index (χ1n) is 6.83. The Balaban J connectivity index is 2.50. The van der Waals surface area contributed by atoms with Crippen LogP contribution in [0.1, 0.15) is 38.2 Å². The van der Waals surface area contributed by atoms with Gasteiger partial charge < -0.3 is 9.84 Å². The van der Waals surface area contributed by atoms with Crippen LogP contribution in [0.4, 0.5) is 4.39 Å². The van der Waals surface area contributed by atoms with Crippen molar-refractivity contribution >= 4 is 17.6 Å². The summed E-state index contributed by atoms with van der Waals surface area (Å²) in [6.07, 6.45) is 1.73. The summed E-state index contributed by atoms with van der Waals surface area (Å²) in [5.41, 5.74) is -0.746. The average molecular weight is 301 g/mol. The third kappa shape index (κ3) is 2.54. The second-order valence-electron chi connectivity index (χ2n) is 5.08. The molecule has 1 aliphatic carbocycles. The van der Waals surface area contributed by atoms with Crippen LogP contribution in [0.3, 0.4) is 0 Å². The molecular formula is C15H18ClFO3. The Labute approximate surface area is 122 Å². The number of rotatable bonds is 3. The molecule has 0 radical (unpaired) electrons. The summed E-state index contributed by atoms with van der Waals surface area (Å²) in [6.45, 7) is 1.94. The number of hydrogen-bond acceptors (Lipinski definition) is 3. The number of carbonyl (C=O) groups excluding carboxylic acids is 1. The standard InChI is InChI=1S/C15H18ClFO3/c1-2-20-14(19)15(8-4-3-5-13(15)18)10-6-7-11(16)12(17)9-10/h6-7,9,13,18H,2-5,8H2,1H3. The molecule has 0 spiro atoms. The van der Waals surface area contributed by atoms with Crippen molar-refractivity contribution in [2.24, 2.45) is 0 Å². The van der Waals surface area contributed by atoms with Gasteiger partial charge >= 0.3 is 5.97 Å². The van der Waals surface area contributed by atoms with E-state index < -0.39 is 23.3 Å². The van der Waals surface area contributed by atoms with Crippen molar-refractivity contribution in [3.05, 3.63) is 34.6 Å². The number of halogens is 2. The van der Waals surface area contributed by atoms with E-state index in [1.807, 2.05) is 0 Å². The van der Waals surface area contributed by atoms with Crippen LogP contribution in [0, 0.1) is 5.82 Å². The number of carbonyl (C=O) groups is 1. The van der Waals surface area contributed by atoms with Gasteiger partial charge in [0.15, 0.2) is 0 Å². The first-order chi connectivity index (χ1) is 9.52. The highest BCUT2D eigenvalue weighted by molar-refractivity contribution is 6.30. The lowest BCUT2D eigenvalue weighted by Gasteiger charge is -2.39. The fourth-order valence-electron chi connectivity index (χ4n) is 2.88. The molecule has 1 fully saturated rings. The van der Waals surface area contributed by atoms with Crippen molar-refractivity contribution < 1.29 is 19.0 Å². The molecule has 20 heavy (non-hydrogen) atoms. The van der Waals surface area contributed by atoms with Gasteiger partial charge in [-0.05, 0) is 37.5 Å². The molecule has 5 heteroatoms. The molecule has 2 rings (SSSR count). The van der Waals surface area contributed by atoms with E-state index >= 15 is 0 Å². The Hall–Kier alpha value is -1.13. The molecule has 1 aliphatic rings. The van der Waals surface area contributed by atoms with Crippen molar-refractivity contribution in [3.8, 4) is 0 Å². The zero-order valence-electron chi connectivity index (χ0n) is 11.4. The van der Waals surface area contributed by atoms with E-state index in [0.29, 0.717) is 18.4 Å². The van der Waals surface area contributed by atoms with Crippen LogP contribution < -0.4 is 0 Å². The van der Waals surface area contributed by atoms with E-state index in [-0.39, 0.29) is 11.6 Å². The van der Waals surface area contributed by atoms with Crippen molar-refractivity contribution in [2.45, 2.75) is 44.1 Å². The Morgan fingerprint density at radius 1 is 1.55 bits per heavy atom. The minimum Gasteiger partial charge on any atom is -0.465 e. The fraction of sp³-hybridized carbons (Fsp3) is 0.533. The summed E-state index contributed by atoms with van der Waals surface area (Å²) in [5.74, 6) is -1.08. The summed E-state index contributed by atoms with van der Waals surface area (Å²) in [7, 11) is 0. The van der Waals surface area contributed by atoms with Crippen LogP contribution in [-0.4, -0.2) is 23.8 Å². The largest absolute Gasteiger partial charge is 0.465 e. The fourth-order valence-corrected chi connectivity index (χ4v) is 3.00. The van der Waals surface area contributed by atoms with Gasteiger partial charge in [0.25, 0.3) is 0 Å². The Kier molecular flexibility index (Phi) is 4.66. The number of aliphatic hydroxyl groups is 1. The smallest absolute Gasteiger partial charge is 0.319 e. The summed E-state index contributed by atoms with van der Waals surface area (Å²) in [4.78, 5) is 12.4. The zero-order chi connectivity index (χ0) is 14.8. The Morgan fingerprint density at radius 3 is 2.90 bits per heavy atom. The number of aliphatic hydroxyl groups excluding tert-OH is 1. The monoisotopic (exact) mass is 300 g/mol. The summed E-state index contributed by atoms with van der Waals surface area (Å²) in [5, 5.41) is 10.4. The lowest BCUT2D eigenvalue weighted by atomic mass is 9.67. The minimum atomic E-state index is -1.18. The van der Waals surface area contributed by atoms with Gasteiger partial charge in [-0.25, -0.2) is 4.39 Å². The van der Waals surface area contributed by atoms with Crippen molar-refractivity contribution in [2.75, 3.05) is 6.61 Å². The molecule has 1 saturated carbocycles. The molecule has 0 aromatic heterocycles. The van der Waals surface area contributed by atoms with E-state index in [2.05, 4.69) is 0 Å². The normalized spacial score (nSPS) is 26.3. The van der Waals surface area contributed by atoms with Crippen LogP contribution in [0.5, 0.6) is 0 Å². The maximum atomic E-state index is 13.7. The predicted molar refractivity (Wildman–Crippen MR) is 74.2 cm³/mol. The molecule has 1 N–H and O–H groups in total. The maximum absolute atomic E-state index is 13.7. The predicted octanol–water partition coefficient (Wildman–Crippen LogP) is 3.21. The topological polar surface area (TPSA) is 46.5 Å². The second kappa shape index (κ2) is 6.10. The highest BCUT2D eigenvalue weighted by Crippen LogP contribution is 2.41. The first kappa shape index (κ1) is 15.3. The van der Waals surface area contributed by atoms with Gasteiger partial charge in [-0.15, -0.1) is 0 Å². The Bertz CT molecular complexity index is 506. The van der Waals surface area contributed by atoms with Gasteiger partial charge in [0.1, 0.15) is 11.2 Å². The van der Waals surface area contributed by atoms with Crippen LogP contribution >= 0.6 is 11.6 Å². The molecular weight excluding hydrogens is 283 g/mol. The minimum absolute atomic E-state index is 0.00180. The van der Waals surface area contributed by atoms with Crippen LogP contribution in [0.2, 0.25) is 5.02 Å². The number of hydrogen-bond donors (Lipinski definition) is 1. The highest BCUT2D eigenvalue weighted by Gasteiger charge is 2.49. The van der Waals surface area contributed by atoms with Crippen molar-refractivity contribution in [1.29, 1.82) is 0 Å². The van der Waals surface area contributed by atoms with E-state index in [0.717, 1.165) is 12.8 Å². The van der Waals surface area contributed by atoms with Crippen molar-refractivity contribution in [1.82, 2.24) is 0 Å². The van der Waals surface area contributed by atoms with E-state index in [1.54, 1.807) is 13.0 Å². The highest BCUT2D eigenvalue weighted by atomic mass is 35.5. The van der Waals surface area contributed by atoms with Gasteiger partial charge in [-0.1, -0.05) is 30.5 Å². The third-order valence-electron chi connectivity index (χ3n) is 3.94. The summed E-state index contributed by atoms with van der Waals surface area (Å²) >= 11 is 5.69. The number of ether oxygens (including phenoxy) is 1. The van der Waals surface area contributed by atoms with Crippen LogP contribution in [0.25, 0.3) is 0 Å². The molecule has 2 unspecified atom stereocenters. The molecule has 2 atom stereocenters. The van der Waals surface area contributed by atoms with Gasteiger partial charge in [-0.2, -0.15) is 0 Å². The van der Waals surface area contributed by atoms with Crippen molar-refractivity contribution in [3.63, 3.8) is 0 Å².